The van der Waals surface area contributed by atoms with E-state index in [1.165, 1.54) is 11.1 Å². The Hall–Kier alpha value is -1.39. The zero-order chi connectivity index (χ0) is 14.5. The summed E-state index contributed by atoms with van der Waals surface area (Å²) in [6.45, 7) is 2.00. The van der Waals surface area contributed by atoms with Crippen LogP contribution in [0.25, 0.3) is 0 Å². The number of hydrogen-bond donors (Lipinski definition) is 2. The summed E-state index contributed by atoms with van der Waals surface area (Å²) in [5.74, 6) is 0.0784. The zero-order valence-corrected chi connectivity index (χ0v) is 12.4. The molecule has 1 amide bonds. The largest absolute Gasteiger partial charge is 0.377 e. The van der Waals surface area contributed by atoms with Crippen LogP contribution in [-0.2, 0) is 16.0 Å². The molecule has 1 aromatic carbocycles. The molecule has 0 saturated carbocycles. The van der Waals surface area contributed by atoms with Crippen molar-refractivity contribution < 1.29 is 9.53 Å². The van der Waals surface area contributed by atoms with Crippen LogP contribution < -0.4 is 10.6 Å². The number of amides is 1. The van der Waals surface area contributed by atoms with Crippen LogP contribution in [0.4, 0.5) is 0 Å². The highest BCUT2D eigenvalue weighted by Gasteiger charge is 2.21. The van der Waals surface area contributed by atoms with E-state index < -0.39 is 0 Å². The molecule has 1 fully saturated rings. The second kappa shape index (κ2) is 7.05. The molecule has 1 aliphatic heterocycles. The molecule has 2 aliphatic rings. The summed E-state index contributed by atoms with van der Waals surface area (Å²) in [5.41, 5.74) is 2.66. The number of carbonyl (C=O) groups excluding carboxylic acids is 1. The van der Waals surface area contributed by atoms with E-state index in [0.29, 0.717) is 6.54 Å². The van der Waals surface area contributed by atoms with Gasteiger partial charge in [-0.05, 0) is 43.2 Å². The van der Waals surface area contributed by atoms with E-state index in [1.54, 1.807) is 0 Å². The number of hydrogen-bond acceptors (Lipinski definition) is 3. The number of ether oxygens (including phenoxy) is 1. The van der Waals surface area contributed by atoms with Crippen LogP contribution in [0.1, 0.15) is 42.9 Å². The standard InChI is InChI=1S/C17H24N2O2/c20-17(12-18-11-14-7-4-10-21-14)19-16-9-3-6-13-5-1-2-8-15(13)16/h1-2,5,8,14,16,18H,3-4,6-7,9-12H2,(H,19,20). The predicted octanol–water partition coefficient (Wildman–Crippen LogP) is 1.95. The molecule has 0 spiro atoms. The minimum atomic E-state index is 0.0784. The molecule has 3 rings (SSSR count). The number of aryl methyl sites for hydroxylation is 1. The van der Waals surface area contributed by atoms with Gasteiger partial charge in [-0.2, -0.15) is 0 Å². The van der Waals surface area contributed by atoms with Gasteiger partial charge in [-0.1, -0.05) is 24.3 Å². The number of rotatable bonds is 5. The average Bonchev–Trinajstić information content (AvgIpc) is 3.01. The Kier molecular flexibility index (Phi) is 4.88. The molecule has 1 aliphatic carbocycles. The van der Waals surface area contributed by atoms with Crippen LogP contribution in [0.5, 0.6) is 0 Å². The summed E-state index contributed by atoms with van der Waals surface area (Å²) in [6, 6.07) is 8.61. The maximum Gasteiger partial charge on any atom is 0.234 e. The van der Waals surface area contributed by atoms with Gasteiger partial charge in [-0.15, -0.1) is 0 Å². The van der Waals surface area contributed by atoms with Crippen molar-refractivity contribution in [2.75, 3.05) is 19.7 Å². The molecule has 2 N–H and O–H groups in total. The normalized spacial score (nSPS) is 24.6. The maximum absolute atomic E-state index is 12.1. The lowest BCUT2D eigenvalue weighted by molar-refractivity contribution is -0.121. The van der Waals surface area contributed by atoms with Gasteiger partial charge in [0.25, 0.3) is 0 Å². The molecule has 4 nitrogen and oxygen atoms in total. The third kappa shape index (κ3) is 3.83. The number of fused-ring (bicyclic) bond motifs is 1. The first kappa shape index (κ1) is 14.5. The number of nitrogens with one attached hydrogen (secondary N) is 2. The van der Waals surface area contributed by atoms with Gasteiger partial charge >= 0.3 is 0 Å². The third-order valence-electron chi connectivity index (χ3n) is 4.39. The lowest BCUT2D eigenvalue weighted by atomic mass is 9.88. The summed E-state index contributed by atoms with van der Waals surface area (Å²) in [4.78, 5) is 12.1. The number of benzene rings is 1. The topological polar surface area (TPSA) is 50.4 Å². The van der Waals surface area contributed by atoms with E-state index in [9.17, 15) is 4.79 Å². The van der Waals surface area contributed by atoms with E-state index in [4.69, 9.17) is 4.74 Å². The third-order valence-corrected chi connectivity index (χ3v) is 4.39. The Balaban J connectivity index is 1.46. The Morgan fingerprint density at radius 1 is 1.24 bits per heavy atom. The van der Waals surface area contributed by atoms with Crippen LogP contribution in [0, 0.1) is 0 Å². The molecular formula is C17H24N2O2. The molecule has 0 aromatic heterocycles. The summed E-state index contributed by atoms with van der Waals surface area (Å²) in [7, 11) is 0. The average molecular weight is 288 g/mol. The maximum atomic E-state index is 12.1. The van der Waals surface area contributed by atoms with Crippen molar-refractivity contribution in [1.82, 2.24) is 10.6 Å². The molecule has 1 saturated heterocycles. The van der Waals surface area contributed by atoms with Crippen LogP contribution in [0.2, 0.25) is 0 Å². The molecule has 2 atom stereocenters. The fraction of sp³-hybridized carbons (Fsp3) is 0.588. The molecule has 0 bridgehead atoms. The van der Waals surface area contributed by atoms with Gasteiger partial charge in [0, 0.05) is 13.2 Å². The van der Waals surface area contributed by atoms with E-state index in [-0.39, 0.29) is 18.1 Å². The van der Waals surface area contributed by atoms with Gasteiger partial charge in [-0.3, -0.25) is 4.79 Å². The smallest absolute Gasteiger partial charge is 0.234 e. The molecule has 21 heavy (non-hydrogen) atoms. The Morgan fingerprint density at radius 2 is 2.14 bits per heavy atom. The highest BCUT2D eigenvalue weighted by molar-refractivity contribution is 5.78. The van der Waals surface area contributed by atoms with Gasteiger partial charge < -0.3 is 15.4 Å². The lowest BCUT2D eigenvalue weighted by Crippen LogP contribution is -2.39. The molecule has 2 unspecified atom stereocenters. The molecule has 1 heterocycles. The molecular weight excluding hydrogens is 264 g/mol. The van der Waals surface area contributed by atoms with Gasteiger partial charge in [0.2, 0.25) is 5.91 Å². The first-order chi connectivity index (χ1) is 10.3. The second-order valence-corrected chi connectivity index (χ2v) is 5.98. The van der Waals surface area contributed by atoms with E-state index in [0.717, 1.165) is 45.3 Å². The van der Waals surface area contributed by atoms with Crippen molar-refractivity contribution in [1.29, 1.82) is 0 Å². The van der Waals surface area contributed by atoms with Crippen LogP contribution >= 0.6 is 0 Å². The zero-order valence-electron chi connectivity index (χ0n) is 12.4. The second-order valence-electron chi connectivity index (χ2n) is 5.98. The van der Waals surface area contributed by atoms with Gasteiger partial charge in [-0.25, -0.2) is 0 Å². The molecule has 0 radical (unpaired) electrons. The Bertz CT molecular complexity index is 483. The summed E-state index contributed by atoms with van der Waals surface area (Å²) in [5, 5.41) is 6.36. The van der Waals surface area contributed by atoms with Gasteiger partial charge in [0.15, 0.2) is 0 Å². The van der Waals surface area contributed by atoms with Gasteiger partial charge in [0.1, 0.15) is 0 Å². The van der Waals surface area contributed by atoms with Crippen LogP contribution in [-0.4, -0.2) is 31.7 Å². The van der Waals surface area contributed by atoms with Crippen LogP contribution in [0.15, 0.2) is 24.3 Å². The van der Waals surface area contributed by atoms with Gasteiger partial charge in [0.05, 0.1) is 18.7 Å². The van der Waals surface area contributed by atoms with Crippen molar-refractivity contribution in [3.8, 4) is 0 Å². The van der Waals surface area contributed by atoms with Crippen molar-refractivity contribution >= 4 is 5.91 Å². The monoisotopic (exact) mass is 288 g/mol. The lowest BCUT2D eigenvalue weighted by Gasteiger charge is -2.26. The Labute approximate surface area is 126 Å². The van der Waals surface area contributed by atoms with Crippen molar-refractivity contribution in [3.63, 3.8) is 0 Å². The fourth-order valence-corrected chi connectivity index (χ4v) is 3.30. The fourth-order valence-electron chi connectivity index (χ4n) is 3.30. The van der Waals surface area contributed by atoms with Crippen molar-refractivity contribution in [2.45, 2.75) is 44.2 Å². The van der Waals surface area contributed by atoms with E-state index in [1.807, 2.05) is 0 Å². The highest BCUT2D eigenvalue weighted by Crippen LogP contribution is 2.29. The summed E-state index contributed by atoms with van der Waals surface area (Å²) in [6.07, 6.45) is 5.83. The van der Waals surface area contributed by atoms with Crippen molar-refractivity contribution in [2.24, 2.45) is 0 Å². The van der Waals surface area contributed by atoms with E-state index in [2.05, 4.69) is 34.9 Å². The minimum absolute atomic E-state index is 0.0784. The molecule has 1 aromatic rings. The van der Waals surface area contributed by atoms with Crippen molar-refractivity contribution in [3.05, 3.63) is 35.4 Å². The minimum Gasteiger partial charge on any atom is -0.377 e. The summed E-state index contributed by atoms with van der Waals surface area (Å²) >= 11 is 0. The Morgan fingerprint density at radius 3 is 3.00 bits per heavy atom. The SMILES string of the molecule is O=C(CNCC1CCCO1)NC1CCCc2ccccc21. The molecule has 4 heteroatoms. The van der Waals surface area contributed by atoms with Crippen LogP contribution in [0.3, 0.4) is 0 Å². The number of carbonyl (C=O) groups is 1. The highest BCUT2D eigenvalue weighted by atomic mass is 16.5. The molecule has 114 valence electrons. The first-order valence-corrected chi connectivity index (χ1v) is 8.02. The summed E-state index contributed by atoms with van der Waals surface area (Å²) < 4.78 is 5.54. The van der Waals surface area contributed by atoms with E-state index >= 15 is 0 Å². The quantitative estimate of drug-likeness (QED) is 0.870. The first-order valence-electron chi connectivity index (χ1n) is 8.02. The predicted molar refractivity (Wildman–Crippen MR) is 82.1 cm³/mol.